The molecule has 224 valence electrons. The molecule has 0 aromatic heterocycles. The number of carbonyl (C=O) groups excluding carboxylic acids is 3. The van der Waals surface area contributed by atoms with Crippen molar-refractivity contribution in [2.24, 2.45) is 0 Å². The maximum atomic E-state index is 12.8. The molecule has 43 heavy (non-hydrogen) atoms. The molecular formula is C34H34O9. The van der Waals surface area contributed by atoms with Gasteiger partial charge in [-0.1, -0.05) is 32.2 Å². The number of carbonyl (C=O) groups is 3. The Morgan fingerprint density at radius 2 is 1.40 bits per heavy atom. The molecule has 9 nitrogen and oxygen atoms in total. The minimum absolute atomic E-state index is 0.00739. The van der Waals surface area contributed by atoms with E-state index >= 15 is 0 Å². The minimum atomic E-state index is -0.652. The molecule has 1 atom stereocenters. The number of aliphatic hydroxyl groups excluding tert-OH is 1. The van der Waals surface area contributed by atoms with Crippen LogP contribution in [0.3, 0.4) is 0 Å². The van der Waals surface area contributed by atoms with Gasteiger partial charge in [-0.3, -0.25) is 0 Å². The molecule has 0 radical (unpaired) electrons. The average molecular weight is 587 g/mol. The first kappa shape index (κ1) is 31.1. The number of benzene rings is 3. The molecule has 0 amide bonds. The molecule has 1 aliphatic rings. The second-order valence-electron chi connectivity index (χ2n) is 9.81. The normalized spacial score (nSPS) is 12.8. The van der Waals surface area contributed by atoms with E-state index in [1.54, 1.807) is 30.3 Å². The van der Waals surface area contributed by atoms with Gasteiger partial charge in [-0.2, -0.15) is 0 Å². The van der Waals surface area contributed by atoms with Gasteiger partial charge in [-0.05, 0) is 83.6 Å². The van der Waals surface area contributed by atoms with E-state index in [4.69, 9.17) is 28.8 Å². The van der Waals surface area contributed by atoms with Crippen molar-refractivity contribution in [3.8, 4) is 28.4 Å². The lowest BCUT2D eigenvalue weighted by atomic mass is 9.99. The number of ether oxygens (including phenoxy) is 5. The van der Waals surface area contributed by atoms with Crippen molar-refractivity contribution in [2.45, 2.75) is 25.7 Å². The van der Waals surface area contributed by atoms with Crippen molar-refractivity contribution in [3.63, 3.8) is 0 Å². The van der Waals surface area contributed by atoms with Crippen LogP contribution in [-0.4, -0.2) is 56.0 Å². The fraction of sp³-hybridized carbons (Fsp3) is 0.265. The van der Waals surface area contributed by atoms with E-state index in [0.29, 0.717) is 48.9 Å². The van der Waals surface area contributed by atoms with Crippen molar-refractivity contribution in [3.05, 3.63) is 102 Å². The van der Waals surface area contributed by atoms with Crippen molar-refractivity contribution >= 4 is 17.9 Å². The third-order valence-electron chi connectivity index (χ3n) is 6.85. The zero-order chi connectivity index (χ0) is 30.8. The highest BCUT2D eigenvalue weighted by molar-refractivity contribution is 5.91. The second-order valence-corrected chi connectivity index (χ2v) is 9.81. The van der Waals surface area contributed by atoms with Crippen LogP contribution in [0.25, 0.3) is 11.1 Å². The number of esters is 3. The fourth-order valence-corrected chi connectivity index (χ4v) is 4.55. The van der Waals surface area contributed by atoms with Gasteiger partial charge in [0.25, 0.3) is 0 Å². The Kier molecular flexibility index (Phi) is 10.7. The van der Waals surface area contributed by atoms with E-state index in [2.05, 4.69) is 20.1 Å². The van der Waals surface area contributed by atoms with Crippen LogP contribution >= 0.6 is 0 Å². The summed E-state index contributed by atoms with van der Waals surface area (Å²) in [4.78, 5) is 35.5. The summed E-state index contributed by atoms with van der Waals surface area (Å²) < 4.78 is 27.1. The Bertz CT molecular complexity index is 1490. The topological polar surface area (TPSA) is 118 Å². The lowest BCUT2D eigenvalue weighted by molar-refractivity contribution is -0.140. The molecule has 4 rings (SSSR count). The first-order chi connectivity index (χ1) is 20.8. The summed E-state index contributed by atoms with van der Waals surface area (Å²) in [6, 6.07) is 18.1. The molecule has 1 unspecified atom stereocenters. The standard InChI is InChI=1S/C34H34O9/c1-4-32(36)41-16-6-5-15-39-25-9-7-24(8-10-25)34(38)43-27-12-14-29-28-13-11-26(19-30(28)23(3)31(29)20-27)40-17-18-42-33(37)22(2)21-35/h4,7-14,19-20,23,35H,1-2,5-6,15-18,21H2,3H3. The Hall–Kier alpha value is -4.89. The maximum absolute atomic E-state index is 12.8. The molecular weight excluding hydrogens is 552 g/mol. The first-order valence-electron chi connectivity index (χ1n) is 13.9. The smallest absolute Gasteiger partial charge is 0.343 e. The number of aliphatic hydroxyl groups is 1. The van der Waals surface area contributed by atoms with Crippen LogP contribution in [0.4, 0.5) is 0 Å². The van der Waals surface area contributed by atoms with Crippen LogP contribution in [0, 0.1) is 0 Å². The van der Waals surface area contributed by atoms with Crippen molar-refractivity contribution in [1.82, 2.24) is 0 Å². The van der Waals surface area contributed by atoms with Crippen LogP contribution in [0.1, 0.15) is 47.2 Å². The molecule has 0 fully saturated rings. The van der Waals surface area contributed by atoms with Gasteiger partial charge in [0, 0.05) is 12.0 Å². The molecule has 0 aliphatic heterocycles. The van der Waals surface area contributed by atoms with Crippen LogP contribution in [0.2, 0.25) is 0 Å². The molecule has 3 aromatic rings. The first-order valence-corrected chi connectivity index (χ1v) is 13.9. The molecule has 0 spiro atoms. The van der Waals surface area contributed by atoms with Crippen LogP contribution in [0.15, 0.2) is 85.5 Å². The zero-order valence-electron chi connectivity index (χ0n) is 24.0. The van der Waals surface area contributed by atoms with Gasteiger partial charge in [-0.15, -0.1) is 0 Å². The number of hydrogen-bond acceptors (Lipinski definition) is 9. The van der Waals surface area contributed by atoms with Crippen molar-refractivity contribution < 1.29 is 43.2 Å². The lowest BCUT2D eigenvalue weighted by Crippen LogP contribution is -2.15. The largest absolute Gasteiger partial charge is 0.494 e. The van der Waals surface area contributed by atoms with Gasteiger partial charge in [0.05, 0.1) is 31.0 Å². The van der Waals surface area contributed by atoms with E-state index in [-0.39, 0.29) is 24.7 Å². The third kappa shape index (κ3) is 8.11. The zero-order valence-corrected chi connectivity index (χ0v) is 24.0. The van der Waals surface area contributed by atoms with E-state index in [9.17, 15) is 14.4 Å². The average Bonchev–Trinajstić information content (AvgIpc) is 3.30. The van der Waals surface area contributed by atoms with E-state index in [1.165, 1.54) is 0 Å². The highest BCUT2D eigenvalue weighted by Gasteiger charge is 2.27. The Balaban J connectivity index is 1.28. The van der Waals surface area contributed by atoms with Crippen LogP contribution in [0.5, 0.6) is 17.2 Å². The summed E-state index contributed by atoms with van der Waals surface area (Å²) in [5.74, 6) is 0.194. The van der Waals surface area contributed by atoms with E-state index in [1.807, 2.05) is 30.3 Å². The molecule has 0 saturated carbocycles. The molecule has 3 aromatic carbocycles. The third-order valence-corrected chi connectivity index (χ3v) is 6.85. The number of hydrogen-bond donors (Lipinski definition) is 1. The highest BCUT2D eigenvalue weighted by atomic mass is 16.6. The summed E-state index contributed by atoms with van der Waals surface area (Å²) in [5.41, 5.74) is 4.64. The summed E-state index contributed by atoms with van der Waals surface area (Å²) in [7, 11) is 0. The molecule has 0 heterocycles. The minimum Gasteiger partial charge on any atom is -0.494 e. The number of unbranched alkanes of at least 4 members (excludes halogenated alkanes) is 1. The van der Waals surface area contributed by atoms with Gasteiger partial charge >= 0.3 is 17.9 Å². The van der Waals surface area contributed by atoms with Gasteiger partial charge in [0.15, 0.2) is 0 Å². The van der Waals surface area contributed by atoms with Gasteiger partial charge in [0.2, 0.25) is 0 Å². The number of fused-ring (bicyclic) bond motifs is 3. The second kappa shape index (κ2) is 14.8. The Morgan fingerprint density at radius 1 is 0.791 bits per heavy atom. The summed E-state index contributed by atoms with van der Waals surface area (Å²) in [6.07, 6.45) is 2.52. The van der Waals surface area contributed by atoms with Gasteiger partial charge in [0.1, 0.15) is 30.5 Å². The number of rotatable bonds is 15. The maximum Gasteiger partial charge on any atom is 0.343 e. The molecule has 1 aliphatic carbocycles. The molecule has 1 N–H and O–H groups in total. The van der Waals surface area contributed by atoms with Gasteiger partial charge < -0.3 is 28.8 Å². The highest BCUT2D eigenvalue weighted by Crippen LogP contribution is 2.47. The summed E-state index contributed by atoms with van der Waals surface area (Å²) >= 11 is 0. The molecule has 0 bridgehead atoms. The Morgan fingerprint density at radius 3 is 2.07 bits per heavy atom. The predicted molar refractivity (Wildman–Crippen MR) is 159 cm³/mol. The quantitative estimate of drug-likeness (QED) is 0.108. The molecule has 0 saturated heterocycles. The van der Waals surface area contributed by atoms with Crippen LogP contribution in [-0.2, 0) is 19.1 Å². The Labute approximate surface area is 250 Å². The van der Waals surface area contributed by atoms with E-state index in [0.717, 1.165) is 28.3 Å². The summed E-state index contributed by atoms with van der Waals surface area (Å²) in [5, 5.41) is 8.94. The predicted octanol–water partition coefficient (Wildman–Crippen LogP) is 5.40. The van der Waals surface area contributed by atoms with Crippen LogP contribution < -0.4 is 14.2 Å². The van der Waals surface area contributed by atoms with Gasteiger partial charge in [-0.25, -0.2) is 14.4 Å². The fourth-order valence-electron chi connectivity index (χ4n) is 4.55. The van der Waals surface area contributed by atoms with E-state index < -0.39 is 24.5 Å². The summed E-state index contributed by atoms with van der Waals surface area (Å²) in [6.45, 7) is 9.37. The monoisotopic (exact) mass is 586 g/mol. The van der Waals surface area contributed by atoms with Crippen molar-refractivity contribution in [2.75, 3.05) is 33.0 Å². The van der Waals surface area contributed by atoms with Crippen molar-refractivity contribution in [1.29, 1.82) is 0 Å². The SMILES string of the molecule is C=CC(=O)OCCCCOc1ccc(C(=O)Oc2ccc3c(c2)C(C)c2cc(OCCOC(=O)C(=C)CO)ccc2-3)cc1. The molecule has 9 heteroatoms. The lowest BCUT2D eigenvalue weighted by Gasteiger charge is -2.11.